The average molecular weight is 479 g/mol. The molecule has 7 heteroatoms. The van der Waals surface area contributed by atoms with Gasteiger partial charge in [0, 0.05) is 28.1 Å². The maximum Gasteiger partial charge on any atom is 0.415 e. The standard InChI is InChI=1S/C27H30N2O4S/c1-15(2)29(26(31)33-27(4,5)6)18-10-8-17(9-11-18)21-20(32-7)14-16(3)23-22(21)19-12-13-34-24(19)25(30)28-23/h8-15H,1-7H3,(H,28,30). The van der Waals surface area contributed by atoms with Crippen molar-refractivity contribution in [1.82, 2.24) is 4.98 Å². The predicted molar refractivity (Wildman–Crippen MR) is 141 cm³/mol. The number of fused-ring (bicyclic) bond motifs is 3. The molecule has 2 aromatic carbocycles. The second-order valence-electron chi connectivity index (χ2n) is 9.63. The fraction of sp³-hybridized carbons (Fsp3) is 0.333. The van der Waals surface area contributed by atoms with Gasteiger partial charge in [0.25, 0.3) is 5.56 Å². The first kappa shape index (κ1) is 23.8. The number of aromatic amines is 1. The van der Waals surface area contributed by atoms with Crippen molar-refractivity contribution in [3.05, 3.63) is 57.7 Å². The Morgan fingerprint density at radius 2 is 1.79 bits per heavy atom. The van der Waals surface area contributed by atoms with E-state index in [1.165, 1.54) is 11.3 Å². The fourth-order valence-electron chi connectivity index (χ4n) is 4.23. The van der Waals surface area contributed by atoms with Crippen molar-refractivity contribution in [2.75, 3.05) is 12.0 Å². The zero-order valence-corrected chi connectivity index (χ0v) is 21.4. The number of carbonyl (C=O) groups is 1. The van der Waals surface area contributed by atoms with E-state index in [2.05, 4.69) is 4.98 Å². The van der Waals surface area contributed by atoms with Gasteiger partial charge in [-0.1, -0.05) is 12.1 Å². The molecule has 0 aliphatic heterocycles. The molecule has 1 amide bonds. The van der Waals surface area contributed by atoms with Gasteiger partial charge in [0.1, 0.15) is 16.1 Å². The molecule has 0 saturated heterocycles. The van der Waals surface area contributed by atoms with Gasteiger partial charge in [-0.3, -0.25) is 9.69 Å². The van der Waals surface area contributed by atoms with Crippen LogP contribution in [0.2, 0.25) is 0 Å². The number of ether oxygens (including phenoxy) is 2. The number of thiophene rings is 1. The van der Waals surface area contributed by atoms with E-state index >= 15 is 0 Å². The first-order valence-electron chi connectivity index (χ1n) is 11.2. The topological polar surface area (TPSA) is 71.6 Å². The maximum atomic E-state index is 12.9. The third-order valence-corrected chi connectivity index (χ3v) is 6.54. The van der Waals surface area contributed by atoms with Gasteiger partial charge in [-0.05, 0) is 82.3 Å². The Bertz CT molecular complexity index is 1430. The van der Waals surface area contributed by atoms with Crippen LogP contribution in [0, 0.1) is 6.92 Å². The number of H-pyrrole nitrogens is 1. The normalized spacial score (nSPS) is 11.9. The van der Waals surface area contributed by atoms with E-state index < -0.39 is 5.60 Å². The van der Waals surface area contributed by atoms with Gasteiger partial charge in [-0.25, -0.2) is 4.79 Å². The smallest absolute Gasteiger partial charge is 0.415 e. The molecule has 4 aromatic rings. The Morgan fingerprint density at radius 1 is 1.12 bits per heavy atom. The molecule has 0 aliphatic carbocycles. The average Bonchev–Trinajstić information content (AvgIpc) is 3.24. The number of nitrogens with zero attached hydrogens (tertiary/aromatic N) is 1. The van der Waals surface area contributed by atoms with Crippen LogP contribution < -0.4 is 15.2 Å². The molecule has 0 saturated carbocycles. The summed E-state index contributed by atoms with van der Waals surface area (Å²) in [7, 11) is 1.65. The Kier molecular flexibility index (Phi) is 6.16. The van der Waals surface area contributed by atoms with Crippen molar-refractivity contribution in [2.45, 2.75) is 53.2 Å². The molecule has 0 unspecified atom stereocenters. The second kappa shape index (κ2) is 8.80. The lowest BCUT2D eigenvalue weighted by atomic mass is 9.95. The molecule has 6 nitrogen and oxygen atoms in total. The number of aromatic nitrogens is 1. The second-order valence-corrected chi connectivity index (χ2v) is 10.5. The lowest BCUT2D eigenvalue weighted by Crippen LogP contribution is -2.41. The highest BCUT2D eigenvalue weighted by Crippen LogP contribution is 2.42. The summed E-state index contributed by atoms with van der Waals surface area (Å²) >= 11 is 1.43. The fourth-order valence-corrected chi connectivity index (χ4v) is 5.03. The molecule has 178 valence electrons. The lowest BCUT2D eigenvalue weighted by Gasteiger charge is -2.30. The molecule has 0 aliphatic rings. The van der Waals surface area contributed by atoms with Crippen LogP contribution >= 0.6 is 11.3 Å². The van der Waals surface area contributed by atoms with E-state index in [4.69, 9.17) is 9.47 Å². The molecule has 0 fully saturated rings. The van der Waals surface area contributed by atoms with Crippen LogP contribution in [0.25, 0.3) is 32.1 Å². The van der Waals surface area contributed by atoms with Crippen molar-refractivity contribution >= 4 is 44.1 Å². The number of nitrogens with one attached hydrogen (secondary N) is 1. The number of aryl methyl sites for hydroxylation is 1. The van der Waals surface area contributed by atoms with Gasteiger partial charge < -0.3 is 14.5 Å². The monoisotopic (exact) mass is 478 g/mol. The SMILES string of the molecule is COc1cc(C)c2[nH]c(=O)c3sccc3c2c1-c1ccc(N(C(=O)OC(C)(C)C)C(C)C)cc1. The maximum absolute atomic E-state index is 12.9. The molecule has 2 aromatic heterocycles. The summed E-state index contributed by atoms with van der Waals surface area (Å²) in [5.74, 6) is 0.727. The van der Waals surface area contributed by atoms with Gasteiger partial charge >= 0.3 is 6.09 Å². The van der Waals surface area contributed by atoms with Crippen LogP contribution in [0.4, 0.5) is 10.5 Å². The van der Waals surface area contributed by atoms with Gasteiger partial charge in [-0.15, -0.1) is 11.3 Å². The van der Waals surface area contributed by atoms with E-state index in [-0.39, 0.29) is 17.7 Å². The molecule has 34 heavy (non-hydrogen) atoms. The third kappa shape index (κ3) is 4.28. The number of amides is 1. The Balaban J connectivity index is 1.89. The number of carbonyl (C=O) groups excluding carboxylic acids is 1. The number of pyridine rings is 1. The van der Waals surface area contributed by atoms with Crippen LogP contribution in [-0.2, 0) is 4.74 Å². The minimum Gasteiger partial charge on any atom is -0.496 e. The lowest BCUT2D eigenvalue weighted by molar-refractivity contribution is 0.0570. The molecule has 2 heterocycles. The summed E-state index contributed by atoms with van der Waals surface area (Å²) in [5.41, 5.74) is 3.65. The van der Waals surface area contributed by atoms with Gasteiger partial charge in [-0.2, -0.15) is 0 Å². The highest BCUT2D eigenvalue weighted by molar-refractivity contribution is 7.17. The van der Waals surface area contributed by atoms with E-state index in [1.807, 2.05) is 83.3 Å². The largest absolute Gasteiger partial charge is 0.496 e. The minimum absolute atomic E-state index is 0.0778. The number of rotatable bonds is 4. The van der Waals surface area contributed by atoms with E-state index in [0.717, 1.165) is 44.4 Å². The van der Waals surface area contributed by atoms with Crippen LogP contribution in [-0.4, -0.2) is 29.8 Å². The predicted octanol–water partition coefficient (Wildman–Crippen LogP) is 6.88. The summed E-state index contributed by atoms with van der Waals surface area (Å²) in [4.78, 5) is 30.2. The van der Waals surface area contributed by atoms with Crippen LogP contribution in [0.15, 0.2) is 46.6 Å². The Hall–Kier alpha value is -3.32. The molecule has 0 spiro atoms. The Labute approximate surface area is 203 Å². The van der Waals surface area contributed by atoms with Crippen molar-refractivity contribution in [1.29, 1.82) is 0 Å². The number of anilines is 1. The number of benzene rings is 2. The highest BCUT2D eigenvalue weighted by Gasteiger charge is 2.26. The van der Waals surface area contributed by atoms with Gasteiger partial charge in [0.15, 0.2) is 0 Å². The molecule has 1 N–H and O–H groups in total. The molecular formula is C27H30N2O4S. The minimum atomic E-state index is -0.582. The van der Waals surface area contributed by atoms with Crippen molar-refractivity contribution in [3.8, 4) is 16.9 Å². The van der Waals surface area contributed by atoms with Crippen molar-refractivity contribution in [2.24, 2.45) is 0 Å². The summed E-state index contributed by atoms with van der Waals surface area (Å²) < 4.78 is 12.1. The molecule has 4 rings (SSSR count). The zero-order valence-electron chi connectivity index (χ0n) is 20.6. The first-order valence-corrected chi connectivity index (χ1v) is 12.1. The number of methoxy groups -OCH3 is 1. The van der Waals surface area contributed by atoms with Crippen LogP contribution in [0.3, 0.4) is 0 Å². The highest BCUT2D eigenvalue weighted by atomic mass is 32.1. The van der Waals surface area contributed by atoms with Crippen LogP contribution in [0.5, 0.6) is 5.75 Å². The third-order valence-electron chi connectivity index (χ3n) is 5.63. The van der Waals surface area contributed by atoms with E-state index in [1.54, 1.807) is 12.0 Å². The van der Waals surface area contributed by atoms with Gasteiger partial charge in [0.05, 0.1) is 12.6 Å². The number of hydrogen-bond donors (Lipinski definition) is 1. The van der Waals surface area contributed by atoms with E-state index in [0.29, 0.717) is 4.70 Å². The first-order chi connectivity index (χ1) is 16.0. The quantitative estimate of drug-likeness (QED) is 0.347. The van der Waals surface area contributed by atoms with Crippen molar-refractivity contribution in [3.63, 3.8) is 0 Å². The van der Waals surface area contributed by atoms with Crippen LogP contribution in [0.1, 0.15) is 40.2 Å². The number of hydrogen-bond acceptors (Lipinski definition) is 5. The molecular weight excluding hydrogens is 448 g/mol. The summed E-state index contributed by atoms with van der Waals surface area (Å²) in [5, 5.41) is 3.79. The Morgan fingerprint density at radius 3 is 2.38 bits per heavy atom. The molecule has 0 atom stereocenters. The summed E-state index contributed by atoms with van der Waals surface area (Å²) in [6, 6.07) is 11.6. The van der Waals surface area contributed by atoms with Crippen molar-refractivity contribution < 1.29 is 14.3 Å². The summed E-state index contributed by atoms with van der Waals surface area (Å²) in [6.45, 7) is 11.5. The van der Waals surface area contributed by atoms with Gasteiger partial charge in [0.2, 0.25) is 0 Å². The molecule has 0 radical (unpaired) electrons. The van der Waals surface area contributed by atoms with E-state index in [9.17, 15) is 9.59 Å². The zero-order chi connectivity index (χ0) is 24.8. The molecule has 0 bridgehead atoms. The summed E-state index contributed by atoms with van der Waals surface area (Å²) in [6.07, 6.45) is -0.383.